The number of benzene rings is 1. The van der Waals surface area contributed by atoms with E-state index < -0.39 is 18.1 Å². The third-order valence-corrected chi connectivity index (χ3v) is 12.0. The molecule has 1 saturated heterocycles. The van der Waals surface area contributed by atoms with Gasteiger partial charge in [0.05, 0.1) is 17.3 Å². The number of anilines is 1. The summed E-state index contributed by atoms with van der Waals surface area (Å²) in [6.45, 7) is 5.47. The van der Waals surface area contributed by atoms with Gasteiger partial charge in [0.2, 0.25) is 5.91 Å². The van der Waals surface area contributed by atoms with Gasteiger partial charge in [-0.2, -0.15) is 18.4 Å². The lowest BCUT2D eigenvalue weighted by atomic mass is 9.39. The first kappa shape index (κ1) is 30.6. The number of aryl methyl sites for hydroxylation is 1. The van der Waals surface area contributed by atoms with Gasteiger partial charge in [0.15, 0.2) is 0 Å². The van der Waals surface area contributed by atoms with Crippen LogP contribution in [0.1, 0.15) is 66.6 Å². The molecule has 9 rings (SSSR count). The van der Waals surface area contributed by atoms with Crippen LogP contribution in [-0.2, 0) is 24.3 Å². The third kappa shape index (κ3) is 5.54. The van der Waals surface area contributed by atoms with Crippen molar-refractivity contribution in [2.75, 3.05) is 18.4 Å². The molecule has 1 aliphatic heterocycles. The summed E-state index contributed by atoms with van der Waals surface area (Å²) in [4.78, 5) is 24.3. The Labute approximate surface area is 274 Å². The van der Waals surface area contributed by atoms with Crippen LogP contribution >= 0.6 is 11.3 Å². The molecule has 4 saturated carbocycles. The Kier molecular flexibility index (Phi) is 6.92. The molecule has 13 heteroatoms. The van der Waals surface area contributed by atoms with Crippen molar-refractivity contribution < 1.29 is 18.0 Å². The summed E-state index contributed by atoms with van der Waals surface area (Å²) in [6, 6.07) is 10.5. The number of likely N-dealkylation sites (tertiary alicyclic amines) is 1. The summed E-state index contributed by atoms with van der Waals surface area (Å²) >= 11 is 1.06. The number of halogens is 3. The van der Waals surface area contributed by atoms with Crippen molar-refractivity contribution >= 4 is 44.2 Å². The number of fused-ring (bicyclic) bond motifs is 2. The maximum Gasteiger partial charge on any atom is 0.393 e. The topological polar surface area (TPSA) is 125 Å². The summed E-state index contributed by atoms with van der Waals surface area (Å²) in [6.07, 6.45) is 2.29. The summed E-state index contributed by atoms with van der Waals surface area (Å²) in [5.74, 6) is 0.587. The van der Waals surface area contributed by atoms with E-state index in [1.54, 1.807) is 6.07 Å². The number of rotatable bonds is 9. The molecule has 5 aliphatic rings. The van der Waals surface area contributed by atoms with E-state index in [0.717, 1.165) is 93.4 Å². The van der Waals surface area contributed by atoms with Crippen LogP contribution < -0.4 is 16.4 Å². The average Bonchev–Trinajstić information content (AvgIpc) is 3.45. The maximum atomic E-state index is 12.9. The van der Waals surface area contributed by atoms with E-state index in [9.17, 15) is 23.2 Å². The highest BCUT2D eigenvalue weighted by Crippen LogP contribution is 2.68. The highest BCUT2D eigenvalue weighted by Gasteiger charge is 2.69. The second-order valence-electron chi connectivity index (χ2n) is 14.6. The molecule has 4 N–H and O–H groups in total. The minimum Gasteiger partial charge on any atom is -0.367 e. The Hall–Kier alpha value is -3.73. The van der Waals surface area contributed by atoms with Crippen LogP contribution in [0.15, 0.2) is 30.6 Å². The Morgan fingerprint density at radius 1 is 1.15 bits per heavy atom. The number of nitrogens with zero attached hydrogens (tertiary/aromatic N) is 5. The minimum absolute atomic E-state index is 0.00879. The lowest BCUT2D eigenvalue weighted by Gasteiger charge is -2.71. The molecule has 5 fully saturated rings. The molecular weight excluding hydrogens is 625 g/mol. The van der Waals surface area contributed by atoms with Crippen LogP contribution in [0.4, 0.5) is 19.0 Å². The highest BCUT2D eigenvalue weighted by molar-refractivity contribution is 7.18. The fourth-order valence-electron chi connectivity index (χ4n) is 8.29. The average molecular weight is 663 g/mol. The monoisotopic (exact) mass is 662 g/mol. The normalized spacial score (nSPS) is 25.3. The van der Waals surface area contributed by atoms with Crippen molar-refractivity contribution in [3.63, 3.8) is 0 Å². The number of hydrogen-bond donors (Lipinski definition) is 3. The van der Waals surface area contributed by atoms with Crippen molar-refractivity contribution in [2.24, 2.45) is 11.1 Å². The number of alkyl halides is 3. The number of hydrogen-bond acceptors (Lipinski definition) is 8. The molecule has 246 valence electrons. The molecule has 4 aromatic rings. The lowest BCUT2D eigenvalue weighted by molar-refractivity contribution is -0.172. The number of nitriles is 1. The fourth-order valence-corrected chi connectivity index (χ4v) is 9.32. The molecule has 2 bridgehead atoms. The smallest absolute Gasteiger partial charge is 0.367 e. The summed E-state index contributed by atoms with van der Waals surface area (Å²) in [5, 5.41) is 18.5. The zero-order valence-electron chi connectivity index (χ0n) is 26.2. The van der Waals surface area contributed by atoms with Crippen LogP contribution in [-0.4, -0.2) is 61.7 Å². The van der Waals surface area contributed by atoms with Crippen LogP contribution in [0.25, 0.3) is 21.1 Å². The first-order chi connectivity index (χ1) is 22.4. The van der Waals surface area contributed by atoms with Gasteiger partial charge >= 0.3 is 6.18 Å². The van der Waals surface area contributed by atoms with E-state index in [1.807, 2.05) is 6.07 Å². The zero-order valence-corrected chi connectivity index (χ0v) is 27.0. The molecule has 9 nitrogen and oxygen atoms in total. The van der Waals surface area contributed by atoms with E-state index >= 15 is 0 Å². The van der Waals surface area contributed by atoms with Crippen molar-refractivity contribution in [3.8, 4) is 6.07 Å². The van der Waals surface area contributed by atoms with E-state index in [4.69, 9.17) is 5.73 Å². The molecule has 0 radical (unpaired) electrons. The first-order valence-corrected chi connectivity index (χ1v) is 17.1. The molecular formula is C34H37F3N8OS. The highest BCUT2D eigenvalue weighted by atomic mass is 32.1. The number of amides is 1. The van der Waals surface area contributed by atoms with Gasteiger partial charge in [-0.3, -0.25) is 9.69 Å². The van der Waals surface area contributed by atoms with Gasteiger partial charge in [0.25, 0.3) is 0 Å². The number of piperidine rings is 1. The van der Waals surface area contributed by atoms with Gasteiger partial charge < -0.3 is 20.9 Å². The molecule has 0 atom stereocenters. The second-order valence-corrected chi connectivity index (χ2v) is 15.7. The Morgan fingerprint density at radius 2 is 1.89 bits per heavy atom. The predicted molar refractivity (Wildman–Crippen MR) is 174 cm³/mol. The quantitative estimate of drug-likeness (QED) is 0.215. The van der Waals surface area contributed by atoms with E-state index in [-0.39, 0.29) is 27.8 Å². The molecule has 47 heavy (non-hydrogen) atoms. The Balaban J connectivity index is 0.899. The number of aromatic nitrogens is 3. The number of carbonyl (C=O) groups is 1. The third-order valence-electron chi connectivity index (χ3n) is 10.9. The van der Waals surface area contributed by atoms with E-state index in [1.165, 1.54) is 17.5 Å². The fraction of sp³-hybridized carbons (Fsp3) is 0.529. The SMILES string of the molecule is Cc1c(CN2CCC(Nc3ncnc4sc(CC(F)(F)F)cc34)CC2)ccc2c1cc(C#N)n2CC12CC(NC(=O)C3(N)CC3)(C1)C2. The first-order valence-electron chi connectivity index (χ1n) is 16.3. The number of carbonyl (C=O) groups excluding carboxylic acids is 1. The molecule has 4 aliphatic carbocycles. The molecule has 1 amide bonds. The summed E-state index contributed by atoms with van der Waals surface area (Å²) in [5.41, 5.74) is 9.63. The minimum atomic E-state index is -4.26. The van der Waals surface area contributed by atoms with E-state index in [2.05, 4.69) is 55.2 Å². The lowest BCUT2D eigenvalue weighted by Crippen LogP contribution is -2.76. The largest absolute Gasteiger partial charge is 0.393 e. The van der Waals surface area contributed by atoms with Crippen LogP contribution in [0.5, 0.6) is 0 Å². The predicted octanol–water partition coefficient (Wildman–Crippen LogP) is 5.54. The van der Waals surface area contributed by atoms with Crippen LogP contribution in [0.3, 0.4) is 0 Å². The standard InChI is InChI=1S/C34H37F3N8OS/c1-20-21(14-44-8-4-22(5-9-44)42-28-26-11-24(12-34(35,36)37)47-29(26)41-19-40-28)2-3-27-25(20)10-23(13-38)45(27)18-31-15-32(16-31,17-31)43-30(46)33(39)6-7-33/h2-3,10-11,19,22H,4-9,12,14-18,39H2,1H3,(H,43,46)(H,40,41,42). The number of nitrogens with one attached hydrogen (secondary N) is 2. The number of nitrogens with two attached hydrogens (primary N) is 1. The van der Waals surface area contributed by atoms with Gasteiger partial charge in [-0.15, -0.1) is 11.3 Å². The molecule has 0 unspecified atom stereocenters. The van der Waals surface area contributed by atoms with Gasteiger partial charge in [-0.1, -0.05) is 6.07 Å². The molecule has 3 aromatic heterocycles. The summed E-state index contributed by atoms with van der Waals surface area (Å²) < 4.78 is 41.0. The Bertz CT molecular complexity index is 1930. The maximum absolute atomic E-state index is 12.9. The van der Waals surface area contributed by atoms with E-state index in [0.29, 0.717) is 21.7 Å². The second kappa shape index (κ2) is 10.6. The van der Waals surface area contributed by atoms with Crippen molar-refractivity contribution in [2.45, 2.75) is 94.7 Å². The van der Waals surface area contributed by atoms with Gasteiger partial charge in [-0.05, 0) is 86.6 Å². The Morgan fingerprint density at radius 3 is 2.57 bits per heavy atom. The summed E-state index contributed by atoms with van der Waals surface area (Å²) in [7, 11) is 0. The van der Waals surface area contributed by atoms with Gasteiger partial charge in [0.1, 0.15) is 28.7 Å². The van der Waals surface area contributed by atoms with Crippen LogP contribution in [0.2, 0.25) is 0 Å². The number of thiophene rings is 1. The molecule has 0 spiro atoms. The van der Waals surface area contributed by atoms with Crippen LogP contribution in [0, 0.1) is 23.7 Å². The van der Waals surface area contributed by atoms with Crippen molar-refractivity contribution in [1.82, 2.24) is 24.8 Å². The molecule has 1 aromatic carbocycles. The molecule has 4 heterocycles. The van der Waals surface area contributed by atoms with Gasteiger partial charge in [-0.25, -0.2) is 9.97 Å². The zero-order chi connectivity index (χ0) is 32.8. The van der Waals surface area contributed by atoms with Crippen molar-refractivity contribution in [3.05, 3.63) is 52.3 Å². The van der Waals surface area contributed by atoms with Gasteiger partial charge in [0, 0.05) is 53.5 Å². The van der Waals surface area contributed by atoms with Crippen molar-refractivity contribution in [1.29, 1.82) is 5.26 Å².